The van der Waals surface area contributed by atoms with Crippen molar-refractivity contribution in [2.45, 2.75) is 13.5 Å². The maximum Gasteiger partial charge on any atom is 0.222 e. The molecule has 2 aromatic rings. The molecule has 4 nitrogen and oxygen atoms in total. The Morgan fingerprint density at radius 2 is 1.89 bits per heavy atom. The Bertz CT molecular complexity index is 519. The molecule has 0 saturated heterocycles. The summed E-state index contributed by atoms with van der Waals surface area (Å²) >= 11 is 5.86. The van der Waals surface area contributed by atoms with Crippen LogP contribution in [0.25, 0.3) is 0 Å². The highest BCUT2D eigenvalue weighted by Gasteiger charge is 2.06. The number of benzene rings is 1. The highest BCUT2D eigenvalue weighted by molar-refractivity contribution is 6.30. The summed E-state index contributed by atoms with van der Waals surface area (Å²) in [6, 6.07) is 9.66. The van der Waals surface area contributed by atoms with Crippen LogP contribution in [0.1, 0.15) is 11.3 Å². The van der Waals surface area contributed by atoms with E-state index in [4.69, 9.17) is 17.3 Å². The zero-order chi connectivity index (χ0) is 13.1. The number of hydrogen-bond acceptors (Lipinski definition) is 4. The Kier molecular flexibility index (Phi) is 3.67. The fourth-order valence-corrected chi connectivity index (χ4v) is 1.84. The minimum atomic E-state index is 0.299. The number of rotatable bonds is 3. The van der Waals surface area contributed by atoms with Crippen LogP contribution in [0.4, 0.5) is 11.8 Å². The van der Waals surface area contributed by atoms with Gasteiger partial charge >= 0.3 is 0 Å². The normalized spacial score (nSPS) is 10.4. The van der Waals surface area contributed by atoms with E-state index in [1.807, 2.05) is 49.2 Å². The third kappa shape index (κ3) is 3.11. The zero-order valence-electron chi connectivity index (χ0n) is 10.4. The molecule has 5 heteroatoms. The Morgan fingerprint density at radius 3 is 2.50 bits per heavy atom. The molecule has 0 saturated carbocycles. The first-order valence-corrected chi connectivity index (χ1v) is 5.99. The van der Waals surface area contributed by atoms with E-state index in [0.717, 1.165) is 28.6 Å². The van der Waals surface area contributed by atoms with E-state index >= 15 is 0 Å². The third-order valence-corrected chi connectivity index (χ3v) is 2.83. The molecule has 1 heterocycles. The van der Waals surface area contributed by atoms with Crippen molar-refractivity contribution in [1.82, 2.24) is 9.97 Å². The molecular formula is C13H15ClN4. The van der Waals surface area contributed by atoms with Gasteiger partial charge < -0.3 is 10.6 Å². The fraction of sp³-hybridized carbons (Fsp3) is 0.231. The number of halogens is 1. The SMILES string of the molecule is Cc1cc(N(C)Cc2ccc(Cl)cc2)nc(N)n1. The number of aryl methyl sites for hydroxylation is 1. The number of aromatic nitrogens is 2. The molecule has 0 atom stereocenters. The van der Waals surface area contributed by atoms with Gasteiger partial charge in [0, 0.05) is 30.4 Å². The van der Waals surface area contributed by atoms with Crippen molar-refractivity contribution in [3.05, 3.63) is 46.6 Å². The lowest BCUT2D eigenvalue weighted by Gasteiger charge is -2.18. The number of nitrogens with two attached hydrogens (primary N) is 1. The van der Waals surface area contributed by atoms with Crippen molar-refractivity contribution >= 4 is 23.4 Å². The molecule has 0 aliphatic rings. The second kappa shape index (κ2) is 5.23. The van der Waals surface area contributed by atoms with Crippen LogP contribution in [0.5, 0.6) is 0 Å². The van der Waals surface area contributed by atoms with E-state index in [9.17, 15) is 0 Å². The second-order valence-corrected chi connectivity index (χ2v) is 4.64. The van der Waals surface area contributed by atoms with Gasteiger partial charge in [-0.2, -0.15) is 4.98 Å². The van der Waals surface area contributed by atoms with E-state index in [1.165, 1.54) is 0 Å². The molecule has 94 valence electrons. The summed E-state index contributed by atoms with van der Waals surface area (Å²) in [6.07, 6.45) is 0. The number of anilines is 2. The number of hydrogen-bond donors (Lipinski definition) is 1. The van der Waals surface area contributed by atoms with Crippen LogP contribution in [0.15, 0.2) is 30.3 Å². The molecule has 2 N–H and O–H groups in total. The summed E-state index contributed by atoms with van der Waals surface area (Å²) in [5.41, 5.74) is 7.67. The Labute approximate surface area is 111 Å². The van der Waals surface area contributed by atoms with Gasteiger partial charge in [-0.15, -0.1) is 0 Å². The molecule has 0 amide bonds. The molecule has 18 heavy (non-hydrogen) atoms. The Balaban J connectivity index is 2.16. The lowest BCUT2D eigenvalue weighted by molar-refractivity contribution is 0.889. The number of nitrogens with zero attached hydrogens (tertiary/aromatic N) is 3. The van der Waals surface area contributed by atoms with Crippen molar-refractivity contribution in [3.63, 3.8) is 0 Å². The van der Waals surface area contributed by atoms with E-state index in [-0.39, 0.29) is 0 Å². The van der Waals surface area contributed by atoms with Gasteiger partial charge in [-0.25, -0.2) is 4.98 Å². The third-order valence-electron chi connectivity index (χ3n) is 2.58. The maximum absolute atomic E-state index is 5.86. The number of nitrogen functional groups attached to an aromatic ring is 1. The van der Waals surface area contributed by atoms with Crippen LogP contribution in [0.2, 0.25) is 5.02 Å². The summed E-state index contributed by atoms with van der Waals surface area (Å²) < 4.78 is 0. The average Bonchev–Trinajstić information content (AvgIpc) is 2.31. The summed E-state index contributed by atoms with van der Waals surface area (Å²) in [5, 5.41) is 0.739. The fourth-order valence-electron chi connectivity index (χ4n) is 1.71. The van der Waals surface area contributed by atoms with Crippen LogP contribution < -0.4 is 10.6 Å². The van der Waals surface area contributed by atoms with E-state index < -0.39 is 0 Å². The van der Waals surface area contributed by atoms with Crippen molar-refractivity contribution in [3.8, 4) is 0 Å². The lowest BCUT2D eigenvalue weighted by atomic mass is 10.2. The lowest BCUT2D eigenvalue weighted by Crippen LogP contribution is -2.18. The van der Waals surface area contributed by atoms with Crippen LogP contribution in [-0.4, -0.2) is 17.0 Å². The van der Waals surface area contributed by atoms with Crippen LogP contribution in [-0.2, 0) is 6.54 Å². The molecule has 1 aromatic carbocycles. The summed E-state index contributed by atoms with van der Waals surface area (Å²) in [4.78, 5) is 10.3. The van der Waals surface area contributed by atoms with Gasteiger partial charge in [0.05, 0.1) is 0 Å². The zero-order valence-corrected chi connectivity index (χ0v) is 11.1. The predicted octanol–water partition coefficient (Wildman–Crippen LogP) is 2.66. The first kappa shape index (κ1) is 12.6. The first-order chi connectivity index (χ1) is 8.54. The van der Waals surface area contributed by atoms with Crippen molar-refractivity contribution < 1.29 is 0 Å². The van der Waals surface area contributed by atoms with E-state index in [1.54, 1.807) is 0 Å². The minimum Gasteiger partial charge on any atom is -0.368 e. The smallest absolute Gasteiger partial charge is 0.222 e. The minimum absolute atomic E-state index is 0.299. The Hall–Kier alpha value is -1.81. The van der Waals surface area contributed by atoms with Crippen LogP contribution >= 0.6 is 11.6 Å². The first-order valence-electron chi connectivity index (χ1n) is 5.61. The summed E-state index contributed by atoms with van der Waals surface area (Å²) in [5.74, 6) is 1.11. The van der Waals surface area contributed by atoms with Crippen LogP contribution in [0.3, 0.4) is 0 Å². The van der Waals surface area contributed by atoms with Crippen molar-refractivity contribution in [2.75, 3.05) is 17.7 Å². The molecular weight excluding hydrogens is 248 g/mol. The molecule has 1 aromatic heterocycles. The highest BCUT2D eigenvalue weighted by atomic mass is 35.5. The van der Waals surface area contributed by atoms with Gasteiger partial charge in [0.15, 0.2) is 0 Å². The molecule has 2 rings (SSSR count). The standard InChI is InChI=1S/C13H15ClN4/c1-9-7-12(17-13(15)16-9)18(2)8-10-3-5-11(14)6-4-10/h3-7H,8H2,1-2H3,(H2,15,16,17). The highest BCUT2D eigenvalue weighted by Crippen LogP contribution is 2.16. The summed E-state index contributed by atoms with van der Waals surface area (Å²) in [6.45, 7) is 2.64. The van der Waals surface area contributed by atoms with Crippen LogP contribution in [0, 0.1) is 6.92 Å². The molecule has 0 aliphatic carbocycles. The molecule has 0 unspecified atom stereocenters. The molecule has 0 fully saturated rings. The Morgan fingerprint density at radius 1 is 1.22 bits per heavy atom. The second-order valence-electron chi connectivity index (χ2n) is 4.21. The topological polar surface area (TPSA) is 55.0 Å². The van der Waals surface area contributed by atoms with E-state index in [2.05, 4.69) is 9.97 Å². The van der Waals surface area contributed by atoms with Gasteiger partial charge in [-0.3, -0.25) is 0 Å². The van der Waals surface area contributed by atoms with Gasteiger partial charge in [-0.1, -0.05) is 23.7 Å². The predicted molar refractivity (Wildman–Crippen MR) is 74.7 cm³/mol. The van der Waals surface area contributed by atoms with Gasteiger partial charge in [-0.05, 0) is 24.6 Å². The molecule has 0 spiro atoms. The molecule has 0 aliphatic heterocycles. The van der Waals surface area contributed by atoms with Gasteiger partial charge in [0.1, 0.15) is 5.82 Å². The average molecular weight is 263 g/mol. The van der Waals surface area contributed by atoms with Crippen molar-refractivity contribution in [2.24, 2.45) is 0 Å². The molecule has 0 radical (unpaired) electrons. The molecule has 0 bridgehead atoms. The maximum atomic E-state index is 5.86. The van der Waals surface area contributed by atoms with Gasteiger partial charge in [0.2, 0.25) is 5.95 Å². The van der Waals surface area contributed by atoms with E-state index in [0.29, 0.717) is 5.95 Å². The largest absolute Gasteiger partial charge is 0.368 e. The summed E-state index contributed by atoms with van der Waals surface area (Å²) in [7, 11) is 1.97. The monoisotopic (exact) mass is 262 g/mol. The quantitative estimate of drug-likeness (QED) is 0.924. The van der Waals surface area contributed by atoms with Crippen molar-refractivity contribution in [1.29, 1.82) is 0 Å². The van der Waals surface area contributed by atoms with Gasteiger partial charge in [0.25, 0.3) is 0 Å².